The van der Waals surface area contributed by atoms with Crippen LogP contribution < -0.4 is 11.3 Å². The van der Waals surface area contributed by atoms with E-state index in [1.54, 1.807) is 0 Å². The van der Waals surface area contributed by atoms with Crippen molar-refractivity contribution in [1.82, 2.24) is 5.43 Å². The quantitative estimate of drug-likeness (QED) is 0.658. The van der Waals surface area contributed by atoms with Gasteiger partial charge in [0.1, 0.15) is 11.6 Å². The maximum Gasteiger partial charge on any atom is 0.131 e. The molecule has 2 nitrogen and oxygen atoms in total. The molecular formula is C15H16F2N2. The average molecular weight is 262 g/mol. The molecule has 1 unspecified atom stereocenters. The van der Waals surface area contributed by atoms with Gasteiger partial charge in [-0.05, 0) is 42.7 Å². The second kappa shape index (κ2) is 5.47. The Labute approximate surface area is 111 Å². The van der Waals surface area contributed by atoms with Crippen molar-refractivity contribution in [1.29, 1.82) is 0 Å². The van der Waals surface area contributed by atoms with Crippen molar-refractivity contribution in [2.45, 2.75) is 19.9 Å². The van der Waals surface area contributed by atoms with Crippen molar-refractivity contribution in [2.75, 3.05) is 0 Å². The minimum Gasteiger partial charge on any atom is -0.271 e. The Morgan fingerprint density at radius 1 is 0.895 bits per heavy atom. The molecule has 0 bridgehead atoms. The van der Waals surface area contributed by atoms with Gasteiger partial charge in [-0.15, -0.1) is 0 Å². The number of aryl methyl sites for hydroxylation is 2. The molecule has 19 heavy (non-hydrogen) atoms. The highest BCUT2D eigenvalue weighted by Crippen LogP contribution is 2.30. The number of rotatable bonds is 3. The summed E-state index contributed by atoms with van der Waals surface area (Å²) in [6.45, 7) is 3.79. The molecule has 0 saturated carbocycles. The Morgan fingerprint density at radius 2 is 1.37 bits per heavy atom. The van der Waals surface area contributed by atoms with Crippen molar-refractivity contribution in [2.24, 2.45) is 5.84 Å². The number of halogens is 2. The number of benzene rings is 2. The van der Waals surface area contributed by atoms with E-state index in [-0.39, 0.29) is 5.56 Å². The second-order valence-corrected chi connectivity index (χ2v) is 4.54. The maximum absolute atomic E-state index is 13.9. The van der Waals surface area contributed by atoms with Crippen molar-refractivity contribution < 1.29 is 8.78 Å². The molecule has 0 spiro atoms. The third-order valence-electron chi connectivity index (χ3n) is 3.29. The summed E-state index contributed by atoms with van der Waals surface area (Å²) in [5.74, 6) is 4.32. The van der Waals surface area contributed by atoms with Gasteiger partial charge < -0.3 is 0 Å². The van der Waals surface area contributed by atoms with Crippen LogP contribution in [0.1, 0.15) is 28.3 Å². The summed E-state index contributed by atoms with van der Waals surface area (Å²) in [4.78, 5) is 0. The minimum absolute atomic E-state index is 0.0533. The standard InChI is InChI=1S/C15H16F2N2/c1-9-5-3-6-10(2)13(9)15(19-18)14-11(16)7-4-8-12(14)17/h3-8,15,19H,18H2,1-2H3. The van der Waals surface area contributed by atoms with Gasteiger partial charge >= 0.3 is 0 Å². The van der Waals surface area contributed by atoms with Crippen LogP contribution in [-0.2, 0) is 0 Å². The van der Waals surface area contributed by atoms with Crippen LogP contribution in [0.25, 0.3) is 0 Å². The highest BCUT2D eigenvalue weighted by molar-refractivity contribution is 5.42. The van der Waals surface area contributed by atoms with E-state index in [0.717, 1.165) is 16.7 Å². The first-order valence-electron chi connectivity index (χ1n) is 6.02. The van der Waals surface area contributed by atoms with E-state index in [1.807, 2.05) is 32.0 Å². The van der Waals surface area contributed by atoms with Crippen molar-refractivity contribution >= 4 is 0 Å². The molecule has 2 rings (SSSR count). The summed E-state index contributed by atoms with van der Waals surface area (Å²) in [6.07, 6.45) is 0. The van der Waals surface area contributed by atoms with E-state index < -0.39 is 17.7 Å². The molecule has 0 aromatic heterocycles. The van der Waals surface area contributed by atoms with E-state index in [0.29, 0.717) is 0 Å². The van der Waals surface area contributed by atoms with Gasteiger partial charge in [-0.1, -0.05) is 24.3 Å². The van der Waals surface area contributed by atoms with Crippen LogP contribution in [0.3, 0.4) is 0 Å². The van der Waals surface area contributed by atoms with Gasteiger partial charge in [0.05, 0.1) is 6.04 Å². The third-order valence-corrected chi connectivity index (χ3v) is 3.29. The van der Waals surface area contributed by atoms with Crippen LogP contribution in [0, 0.1) is 25.5 Å². The molecule has 0 heterocycles. The van der Waals surface area contributed by atoms with E-state index in [2.05, 4.69) is 5.43 Å². The summed E-state index contributed by atoms with van der Waals surface area (Å²) < 4.78 is 27.8. The molecule has 3 N–H and O–H groups in total. The van der Waals surface area contributed by atoms with Gasteiger partial charge in [0.2, 0.25) is 0 Å². The number of hydrogen-bond acceptors (Lipinski definition) is 2. The van der Waals surface area contributed by atoms with E-state index in [4.69, 9.17) is 5.84 Å². The van der Waals surface area contributed by atoms with Crippen LogP contribution in [0.2, 0.25) is 0 Å². The van der Waals surface area contributed by atoms with Gasteiger partial charge in [-0.3, -0.25) is 5.84 Å². The monoisotopic (exact) mass is 262 g/mol. The molecule has 0 aliphatic carbocycles. The van der Waals surface area contributed by atoms with Gasteiger partial charge in [-0.25, -0.2) is 14.2 Å². The first-order chi connectivity index (χ1) is 9.06. The molecule has 0 amide bonds. The first kappa shape index (κ1) is 13.6. The number of nitrogens with two attached hydrogens (primary N) is 1. The van der Waals surface area contributed by atoms with Crippen molar-refractivity contribution in [3.63, 3.8) is 0 Å². The highest BCUT2D eigenvalue weighted by atomic mass is 19.1. The van der Waals surface area contributed by atoms with E-state index in [9.17, 15) is 8.78 Å². The van der Waals surface area contributed by atoms with Crippen LogP contribution in [0.4, 0.5) is 8.78 Å². The fourth-order valence-corrected chi connectivity index (χ4v) is 2.38. The summed E-state index contributed by atoms with van der Waals surface area (Å²) >= 11 is 0. The zero-order valence-electron chi connectivity index (χ0n) is 10.9. The number of hydrazine groups is 1. The molecule has 2 aromatic carbocycles. The van der Waals surface area contributed by atoms with Crippen LogP contribution in [0.15, 0.2) is 36.4 Å². The summed E-state index contributed by atoms with van der Waals surface area (Å²) in [6, 6.07) is 8.79. The molecule has 0 aliphatic rings. The molecule has 100 valence electrons. The minimum atomic E-state index is -0.706. The van der Waals surface area contributed by atoms with Crippen LogP contribution >= 0.6 is 0 Å². The van der Waals surface area contributed by atoms with Crippen LogP contribution in [-0.4, -0.2) is 0 Å². The maximum atomic E-state index is 13.9. The fraction of sp³-hybridized carbons (Fsp3) is 0.200. The number of nitrogens with one attached hydrogen (secondary N) is 1. The van der Waals surface area contributed by atoms with Crippen LogP contribution in [0.5, 0.6) is 0 Å². The van der Waals surface area contributed by atoms with Crippen molar-refractivity contribution in [3.8, 4) is 0 Å². The van der Waals surface area contributed by atoms with Gasteiger partial charge in [0.15, 0.2) is 0 Å². The predicted octanol–water partition coefficient (Wildman–Crippen LogP) is 3.13. The summed E-state index contributed by atoms with van der Waals surface area (Å²) in [5.41, 5.74) is 5.14. The number of hydrogen-bond donors (Lipinski definition) is 2. The third kappa shape index (κ3) is 2.50. The zero-order chi connectivity index (χ0) is 14.0. The Balaban J connectivity index is 2.64. The molecule has 0 fully saturated rings. The first-order valence-corrected chi connectivity index (χ1v) is 6.02. The molecule has 0 saturated heterocycles. The molecule has 4 heteroatoms. The van der Waals surface area contributed by atoms with Crippen molar-refractivity contribution in [3.05, 3.63) is 70.3 Å². The average Bonchev–Trinajstić information content (AvgIpc) is 2.36. The normalized spacial score (nSPS) is 12.5. The largest absolute Gasteiger partial charge is 0.271 e. The van der Waals surface area contributed by atoms with Gasteiger partial charge in [0, 0.05) is 5.56 Å². The van der Waals surface area contributed by atoms with E-state index >= 15 is 0 Å². The predicted molar refractivity (Wildman–Crippen MR) is 71.4 cm³/mol. The SMILES string of the molecule is Cc1cccc(C)c1C(NN)c1c(F)cccc1F. The Morgan fingerprint density at radius 3 is 1.84 bits per heavy atom. The molecule has 2 aromatic rings. The highest BCUT2D eigenvalue weighted by Gasteiger charge is 2.23. The fourth-order valence-electron chi connectivity index (χ4n) is 2.38. The lowest BCUT2D eigenvalue weighted by Gasteiger charge is -2.22. The smallest absolute Gasteiger partial charge is 0.131 e. The molecule has 1 atom stereocenters. The summed E-state index contributed by atoms with van der Waals surface area (Å²) in [7, 11) is 0. The van der Waals surface area contributed by atoms with Gasteiger partial charge in [0.25, 0.3) is 0 Å². The molecular weight excluding hydrogens is 246 g/mol. The van der Waals surface area contributed by atoms with Gasteiger partial charge in [-0.2, -0.15) is 0 Å². The van der Waals surface area contributed by atoms with E-state index in [1.165, 1.54) is 18.2 Å². The molecule has 0 aliphatic heterocycles. The Hall–Kier alpha value is -1.78. The topological polar surface area (TPSA) is 38.0 Å². The lowest BCUT2D eigenvalue weighted by molar-refractivity contribution is 0.509. The lowest BCUT2D eigenvalue weighted by Crippen LogP contribution is -2.31. The lowest BCUT2D eigenvalue weighted by atomic mass is 9.91. The second-order valence-electron chi connectivity index (χ2n) is 4.54. The zero-order valence-corrected chi connectivity index (χ0v) is 10.9. The Bertz CT molecular complexity index is 505. The summed E-state index contributed by atoms with van der Waals surface area (Å²) in [5, 5.41) is 0. The Kier molecular flexibility index (Phi) is 3.93. The molecule has 0 radical (unpaired) electrons.